The van der Waals surface area contributed by atoms with E-state index < -0.39 is 10.0 Å². The van der Waals surface area contributed by atoms with Gasteiger partial charge in [-0.05, 0) is 65.2 Å². The first-order chi connectivity index (χ1) is 15.4. The van der Waals surface area contributed by atoms with E-state index in [9.17, 15) is 13.2 Å². The molecule has 0 unspecified atom stereocenters. The Morgan fingerprint density at radius 1 is 1.00 bits per heavy atom. The SMILES string of the molecule is O=C(C1CCC(CNS(=O)(=O)c2ccc(Br)s2)CC1)N1CCN(Cc2ccccc2)CC1. The third-order valence-electron chi connectivity index (χ3n) is 6.50. The molecule has 1 aromatic heterocycles. The van der Waals surface area contributed by atoms with E-state index in [4.69, 9.17) is 0 Å². The summed E-state index contributed by atoms with van der Waals surface area (Å²) in [5.41, 5.74) is 1.31. The molecule has 6 nitrogen and oxygen atoms in total. The molecule has 1 saturated carbocycles. The zero-order chi connectivity index (χ0) is 22.6. The molecule has 4 rings (SSSR count). The van der Waals surface area contributed by atoms with Gasteiger partial charge in [0.25, 0.3) is 0 Å². The lowest BCUT2D eigenvalue weighted by molar-refractivity contribution is -0.138. The maximum Gasteiger partial charge on any atom is 0.250 e. The Bertz CT molecular complexity index is 997. The zero-order valence-electron chi connectivity index (χ0n) is 18.1. The Hall–Kier alpha value is -1.26. The number of thiophene rings is 1. The van der Waals surface area contributed by atoms with Crippen LogP contribution in [-0.4, -0.2) is 56.8 Å². The summed E-state index contributed by atoms with van der Waals surface area (Å²) in [6.07, 6.45) is 3.47. The van der Waals surface area contributed by atoms with E-state index >= 15 is 0 Å². The van der Waals surface area contributed by atoms with E-state index in [1.54, 1.807) is 12.1 Å². The molecule has 1 N–H and O–H groups in total. The number of halogens is 1. The Morgan fingerprint density at radius 3 is 2.31 bits per heavy atom. The van der Waals surface area contributed by atoms with Gasteiger partial charge in [0.2, 0.25) is 15.9 Å². The van der Waals surface area contributed by atoms with Crippen LogP contribution in [0.15, 0.2) is 50.5 Å². The van der Waals surface area contributed by atoms with Crippen LogP contribution in [0, 0.1) is 11.8 Å². The summed E-state index contributed by atoms with van der Waals surface area (Å²) in [6, 6.07) is 13.8. The highest BCUT2D eigenvalue weighted by atomic mass is 79.9. The fourth-order valence-electron chi connectivity index (χ4n) is 4.58. The van der Waals surface area contributed by atoms with Crippen molar-refractivity contribution in [3.05, 3.63) is 51.8 Å². The second-order valence-electron chi connectivity index (χ2n) is 8.72. The number of nitrogens with zero attached hydrogens (tertiary/aromatic N) is 2. The molecule has 2 aromatic rings. The molecule has 2 heterocycles. The summed E-state index contributed by atoms with van der Waals surface area (Å²) >= 11 is 4.53. The van der Waals surface area contributed by atoms with E-state index in [0.29, 0.717) is 16.7 Å². The predicted octanol–water partition coefficient (Wildman–Crippen LogP) is 3.94. The van der Waals surface area contributed by atoms with E-state index in [1.807, 2.05) is 11.0 Å². The number of rotatable bonds is 7. The minimum atomic E-state index is -3.46. The standard InChI is InChI=1S/C23H30BrN3O3S2/c24-21-10-11-22(31-21)32(29,30)25-16-18-6-8-20(9-7-18)23(28)27-14-12-26(13-15-27)17-19-4-2-1-3-5-19/h1-5,10-11,18,20,25H,6-9,12-17H2. The van der Waals surface area contributed by atoms with E-state index in [1.165, 1.54) is 16.9 Å². The van der Waals surface area contributed by atoms with Crippen molar-refractivity contribution in [3.8, 4) is 0 Å². The van der Waals surface area contributed by atoms with Gasteiger partial charge in [-0.25, -0.2) is 13.1 Å². The predicted molar refractivity (Wildman–Crippen MR) is 131 cm³/mol. The number of benzene rings is 1. The summed E-state index contributed by atoms with van der Waals surface area (Å²) in [6.45, 7) is 4.79. The van der Waals surface area contributed by atoms with Crippen molar-refractivity contribution < 1.29 is 13.2 Å². The molecule has 1 saturated heterocycles. The average Bonchev–Trinajstić information content (AvgIpc) is 3.26. The molecule has 0 spiro atoms. The van der Waals surface area contributed by atoms with Crippen molar-refractivity contribution >= 4 is 43.2 Å². The second-order valence-corrected chi connectivity index (χ2v) is 13.2. The number of piperazine rings is 1. The van der Waals surface area contributed by atoms with Gasteiger partial charge in [0.05, 0.1) is 3.79 Å². The van der Waals surface area contributed by atoms with Crippen molar-refractivity contribution in [3.63, 3.8) is 0 Å². The topological polar surface area (TPSA) is 69.7 Å². The van der Waals surface area contributed by atoms with Crippen LogP contribution < -0.4 is 4.72 Å². The minimum Gasteiger partial charge on any atom is -0.340 e. The van der Waals surface area contributed by atoms with Crippen LogP contribution in [-0.2, 0) is 21.4 Å². The van der Waals surface area contributed by atoms with Crippen LogP contribution in [0.25, 0.3) is 0 Å². The first-order valence-electron chi connectivity index (χ1n) is 11.2. The summed E-state index contributed by atoms with van der Waals surface area (Å²) in [5.74, 6) is 0.656. The quantitative estimate of drug-likeness (QED) is 0.578. The van der Waals surface area contributed by atoms with Crippen molar-refractivity contribution in [1.29, 1.82) is 0 Å². The molecule has 2 aliphatic rings. The maximum atomic E-state index is 13.0. The fourth-order valence-corrected chi connectivity index (χ4v) is 7.75. The Balaban J connectivity index is 1.19. The first-order valence-corrected chi connectivity index (χ1v) is 14.3. The Labute approximate surface area is 203 Å². The second kappa shape index (κ2) is 10.8. The number of sulfonamides is 1. The van der Waals surface area contributed by atoms with Crippen LogP contribution >= 0.6 is 27.3 Å². The van der Waals surface area contributed by atoms with Crippen molar-refractivity contribution in [2.75, 3.05) is 32.7 Å². The van der Waals surface area contributed by atoms with Crippen LogP contribution in [0.5, 0.6) is 0 Å². The summed E-state index contributed by atoms with van der Waals surface area (Å²) in [4.78, 5) is 17.5. The van der Waals surface area contributed by atoms with Crippen molar-refractivity contribution in [1.82, 2.24) is 14.5 Å². The van der Waals surface area contributed by atoms with Crippen LogP contribution in [0.1, 0.15) is 31.2 Å². The lowest BCUT2D eigenvalue weighted by Gasteiger charge is -2.38. The summed E-state index contributed by atoms with van der Waals surface area (Å²) < 4.78 is 28.7. The van der Waals surface area contributed by atoms with E-state index in [-0.39, 0.29) is 11.8 Å². The lowest BCUT2D eigenvalue weighted by Crippen LogP contribution is -2.50. The van der Waals surface area contributed by atoms with Gasteiger partial charge in [-0.15, -0.1) is 11.3 Å². The number of hydrogen-bond acceptors (Lipinski definition) is 5. The average molecular weight is 541 g/mol. The highest BCUT2D eigenvalue weighted by molar-refractivity contribution is 9.11. The third-order valence-corrected chi connectivity index (χ3v) is 10.0. The van der Waals surface area contributed by atoms with Crippen LogP contribution in [0.2, 0.25) is 0 Å². The van der Waals surface area contributed by atoms with Crippen LogP contribution in [0.4, 0.5) is 0 Å². The Kier molecular flexibility index (Phi) is 8.04. The largest absolute Gasteiger partial charge is 0.340 e. The van der Waals surface area contributed by atoms with Crippen LogP contribution in [0.3, 0.4) is 0 Å². The molecule has 1 aromatic carbocycles. The summed E-state index contributed by atoms with van der Waals surface area (Å²) in [5, 5.41) is 0. The monoisotopic (exact) mass is 539 g/mol. The van der Waals surface area contributed by atoms with Gasteiger partial charge < -0.3 is 4.90 Å². The molecule has 0 bridgehead atoms. The molecule has 9 heteroatoms. The van der Waals surface area contributed by atoms with E-state index in [2.05, 4.69) is 49.8 Å². The molecule has 1 aliphatic heterocycles. The Morgan fingerprint density at radius 2 is 1.69 bits per heavy atom. The van der Waals surface area contributed by atoms with Gasteiger partial charge in [-0.2, -0.15) is 0 Å². The molecule has 174 valence electrons. The fraction of sp³-hybridized carbons (Fsp3) is 0.522. The number of amides is 1. The number of hydrogen-bond donors (Lipinski definition) is 1. The van der Waals surface area contributed by atoms with Gasteiger partial charge in [-0.3, -0.25) is 9.69 Å². The first kappa shape index (κ1) is 23.9. The number of carbonyl (C=O) groups is 1. The molecule has 2 fully saturated rings. The zero-order valence-corrected chi connectivity index (χ0v) is 21.3. The van der Waals surface area contributed by atoms with Gasteiger partial charge in [0.1, 0.15) is 4.21 Å². The van der Waals surface area contributed by atoms with Gasteiger partial charge in [0, 0.05) is 45.2 Å². The highest BCUT2D eigenvalue weighted by Crippen LogP contribution is 2.31. The molecule has 32 heavy (non-hydrogen) atoms. The van der Waals surface area contributed by atoms with E-state index in [0.717, 1.165) is 62.2 Å². The maximum absolute atomic E-state index is 13.0. The molecular formula is C23H30BrN3O3S2. The molecular weight excluding hydrogens is 510 g/mol. The van der Waals surface area contributed by atoms with Gasteiger partial charge >= 0.3 is 0 Å². The van der Waals surface area contributed by atoms with Crippen molar-refractivity contribution in [2.45, 2.75) is 36.4 Å². The summed E-state index contributed by atoms with van der Waals surface area (Å²) in [7, 11) is -3.46. The van der Waals surface area contributed by atoms with Gasteiger partial charge in [0.15, 0.2) is 0 Å². The highest BCUT2D eigenvalue weighted by Gasteiger charge is 2.31. The third kappa shape index (κ3) is 6.20. The minimum absolute atomic E-state index is 0.0804. The number of nitrogens with one attached hydrogen (secondary N) is 1. The van der Waals surface area contributed by atoms with Gasteiger partial charge in [-0.1, -0.05) is 30.3 Å². The molecule has 0 atom stereocenters. The molecule has 1 amide bonds. The number of carbonyl (C=O) groups excluding carboxylic acids is 1. The molecule has 1 aliphatic carbocycles. The normalized spacial score (nSPS) is 22.7. The smallest absolute Gasteiger partial charge is 0.250 e. The lowest BCUT2D eigenvalue weighted by atomic mass is 9.81. The van der Waals surface area contributed by atoms with Crippen molar-refractivity contribution in [2.24, 2.45) is 11.8 Å². The molecule has 0 radical (unpaired) electrons.